The molecule has 0 saturated heterocycles. The van der Waals surface area contributed by atoms with Gasteiger partial charge in [0.25, 0.3) is 5.91 Å². The Balaban J connectivity index is 1.97. The van der Waals surface area contributed by atoms with Crippen LogP contribution in [-0.2, 0) is 17.6 Å². The molecular formula is C20H25NO5. The molecule has 26 heavy (non-hydrogen) atoms. The van der Waals surface area contributed by atoms with Crippen LogP contribution in [-0.4, -0.2) is 30.1 Å². The van der Waals surface area contributed by atoms with Crippen molar-refractivity contribution < 1.29 is 23.8 Å². The number of hydrogen-bond acceptors (Lipinski definition) is 4. The highest BCUT2D eigenvalue weighted by molar-refractivity contribution is 5.92. The van der Waals surface area contributed by atoms with Crippen LogP contribution in [0.4, 0.5) is 0 Å². The van der Waals surface area contributed by atoms with E-state index in [1.807, 2.05) is 45.0 Å². The number of amides is 1. The molecule has 6 nitrogen and oxygen atoms in total. The van der Waals surface area contributed by atoms with Crippen LogP contribution in [0.5, 0.6) is 5.75 Å². The minimum absolute atomic E-state index is 0.0303. The quantitative estimate of drug-likeness (QED) is 0.718. The fourth-order valence-corrected chi connectivity index (χ4v) is 2.71. The van der Waals surface area contributed by atoms with Gasteiger partial charge in [0, 0.05) is 13.0 Å². The fourth-order valence-electron chi connectivity index (χ4n) is 2.71. The zero-order chi connectivity index (χ0) is 19.1. The molecule has 6 heteroatoms. The molecule has 2 rings (SSSR count). The molecule has 2 N–H and O–H groups in total. The zero-order valence-electron chi connectivity index (χ0n) is 15.4. The molecule has 0 aliphatic rings. The number of nitrogens with one attached hydrogen (secondary N) is 1. The van der Waals surface area contributed by atoms with Crippen molar-refractivity contribution in [2.75, 3.05) is 13.2 Å². The summed E-state index contributed by atoms with van der Waals surface area (Å²) in [5.74, 6) is -0.353. The number of benzene rings is 1. The van der Waals surface area contributed by atoms with E-state index in [1.54, 1.807) is 6.07 Å². The first kappa shape index (κ1) is 19.6. The maximum Gasteiger partial charge on any atom is 0.308 e. The van der Waals surface area contributed by atoms with E-state index in [-0.39, 0.29) is 12.3 Å². The molecular weight excluding hydrogens is 334 g/mol. The van der Waals surface area contributed by atoms with Gasteiger partial charge in [-0.15, -0.1) is 0 Å². The molecule has 0 bridgehead atoms. The van der Waals surface area contributed by atoms with Crippen molar-refractivity contribution in [3.05, 3.63) is 53.0 Å². The molecule has 0 aliphatic carbocycles. The minimum atomic E-state index is -0.955. The second-order valence-corrected chi connectivity index (χ2v) is 6.10. The van der Waals surface area contributed by atoms with E-state index in [0.717, 1.165) is 22.6 Å². The van der Waals surface area contributed by atoms with Crippen molar-refractivity contribution in [2.24, 2.45) is 5.92 Å². The molecule has 1 heterocycles. The lowest BCUT2D eigenvalue weighted by molar-refractivity contribution is -0.141. The summed E-state index contributed by atoms with van der Waals surface area (Å²) >= 11 is 0. The molecule has 1 aromatic heterocycles. The van der Waals surface area contributed by atoms with E-state index in [4.69, 9.17) is 9.15 Å². The van der Waals surface area contributed by atoms with Crippen molar-refractivity contribution in [3.8, 4) is 5.75 Å². The first-order valence-corrected chi connectivity index (χ1v) is 8.76. The minimum Gasteiger partial charge on any atom is -0.494 e. The highest BCUT2D eigenvalue weighted by Crippen LogP contribution is 2.17. The van der Waals surface area contributed by atoms with Crippen LogP contribution in [0.1, 0.15) is 41.3 Å². The molecule has 0 aliphatic heterocycles. The van der Waals surface area contributed by atoms with E-state index in [1.165, 1.54) is 0 Å². The van der Waals surface area contributed by atoms with Crippen molar-refractivity contribution in [1.29, 1.82) is 0 Å². The monoisotopic (exact) mass is 359 g/mol. The summed E-state index contributed by atoms with van der Waals surface area (Å²) in [6.45, 7) is 6.34. The lowest BCUT2D eigenvalue weighted by Crippen LogP contribution is -2.34. The summed E-state index contributed by atoms with van der Waals surface area (Å²) in [7, 11) is 0. The van der Waals surface area contributed by atoms with Gasteiger partial charge < -0.3 is 19.6 Å². The Bertz CT molecular complexity index is 748. The summed E-state index contributed by atoms with van der Waals surface area (Å²) < 4.78 is 10.9. The van der Waals surface area contributed by atoms with Gasteiger partial charge >= 0.3 is 5.97 Å². The van der Waals surface area contributed by atoms with Gasteiger partial charge in [-0.1, -0.05) is 19.1 Å². The number of aliphatic carboxylic acids is 1. The Morgan fingerprint density at radius 2 is 1.92 bits per heavy atom. The maximum atomic E-state index is 12.2. The van der Waals surface area contributed by atoms with Crippen molar-refractivity contribution >= 4 is 11.9 Å². The zero-order valence-corrected chi connectivity index (χ0v) is 15.4. The SMILES string of the molecule is CCOc1ccc(CC(CNC(=O)c2cc(C)c(CC)o2)C(=O)O)cc1. The van der Waals surface area contributed by atoms with E-state index in [2.05, 4.69) is 5.32 Å². The van der Waals surface area contributed by atoms with Crippen LogP contribution in [0.2, 0.25) is 0 Å². The predicted molar refractivity (Wildman–Crippen MR) is 97.6 cm³/mol. The van der Waals surface area contributed by atoms with Crippen LogP contribution in [0.15, 0.2) is 34.7 Å². The van der Waals surface area contributed by atoms with E-state index < -0.39 is 17.8 Å². The molecule has 0 fully saturated rings. The van der Waals surface area contributed by atoms with Crippen molar-refractivity contribution in [2.45, 2.75) is 33.6 Å². The number of hydrogen-bond donors (Lipinski definition) is 2. The second kappa shape index (κ2) is 9.08. The van der Waals surface area contributed by atoms with Gasteiger partial charge in [0.15, 0.2) is 5.76 Å². The Morgan fingerprint density at radius 1 is 1.23 bits per heavy atom. The average Bonchev–Trinajstić information content (AvgIpc) is 3.00. The second-order valence-electron chi connectivity index (χ2n) is 6.10. The first-order chi connectivity index (χ1) is 12.4. The first-order valence-electron chi connectivity index (χ1n) is 8.76. The number of carboxylic acids is 1. The molecule has 1 atom stereocenters. The number of furan rings is 1. The largest absolute Gasteiger partial charge is 0.494 e. The highest BCUT2D eigenvalue weighted by Gasteiger charge is 2.21. The van der Waals surface area contributed by atoms with Gasteiger partial charge in [0.1, 0.15) is 11.5 Å². The summed E-state index contributed by atoms with van der Waals surface area (Å²) in [4.78, 5) is 23.7. The lowest BCUT2D eigenvalue weighted by Gasteiger charge is -2.13. The number of ether oxygens (including phenoxy) is 1. The molecule has 0 saturated carbocycles. The third-order valence-electron chi connectivity index (χ3n) is 4.14. The Kier molecular flexibility index (Phi) is 6.83. The summed E-state index contributed by atoms with van der Waals surface area (Å²) in [5.41, 5.74) is 1.79. The summed E-state index contributed by atoms with van der Waals surface area (Å²) in [5, 5.41) is 12.1. The third-order valence-corrected chi connectivity index (χ3v) is 4.14. The molecule has 1 amide bonds. The number of carboxylic acid groups (broad SMARTS) is 1. The molecule has 2 aromatic rings. The van der Waals surface area contributed by atoms with Crippen LogP contribution in [0.3, 0.4) is 0 Å². The van der Waals surface area contributed by atoms with Crippen LogP contribution in [0, 0.1) is 12.8 Å². The Morgan fingerprint density at radius 3 is 2.46 bits per heavy atom. The molecule has 140 valence electrons. The van der Waals surface area contributed by atoms with Gasteiger partial charge in [-0.05, 0) is 49.6 Å². The lowest BCUT2D eigenvalue weighted by atomic mass is 9.99. The number of aryl methyl sites for hydroxylation is 2. The van der Waals surface area contributed by atoms with Gasteiger partial charge in [-0.25, -0.2) is 0 Å². The molecule has 0 spiro atoms. The van der Waals surface area contributed by atoms with Gasteiger partial charge in [0.2, 0.25) is 0 Å². The maximum absolute atomic E-state index is 12.2. The van der Waals surface area contributed by atoms with Gasteiger partial charge in [-0.2, -0.15) is 0 Å². The van der Waals surface area contributed by atoms with Gasteiger partial charge in [-0.3, -0.25) is 9.59 Å². The average molecular weight is 359 g/mol. The Labute approximate surface area is 153 Å². The van der Waals surface area contributed by atoms with Crippen LogP contribution >= 0.6 is 0 Å². The number of carbonyl (C=O) groups is 2. The standard InChI is InChI=1S/C20H25NO5/c1-4-17-13(3)10-18(26-17)19(22)21-12-15(20(23)24)11-14-6-8-16(9-7-14)25-5-2/h6-10,15H,4-5,11-12H2,1-3H3,(H,21,22)(H,23,24). The number of rotatable bonds is 9. The van der Waals surface area contributed by atoms with E-state index in [9.17, 15) is 14.7 Å². The van der Waals surface area contributed by atoms with E-state index in [0.29, 0.717) is 19.4 Å². The molecule has 0 radical (unpaired) electrons. The predicted octanol–water partition coefficient (Wildman–Crippen LogP) is 3.22. The van der Waals surface area contributed by atoms with Crippen LogP contribution in [0.25, 0.3) is 0 Å². The van der Waals surface area contributed by atoms with Crippen molar-refractivity contribution in [3.63, 3.8) is 0 Å². The fraction of sp³-hybridized carbons (Fsp3) is 0.400. The highest BCUT2D eigenvalue weighted by atomic mass is 16.5. The summed E-state index contributed by atoms with van der Waals surface area (Å²) in [6.07, 6.45) is 1.02. The topological polar surface area (TPSA) is 88.8 Å². The smallest absolute Gasteiger partial charge is 0.308 e. The van der Waals surface area contributed by atoms with Gasteiger partial charge in [0.05, 0.1) is 12.5 Å². The van der Waals surface area contributed by atoms with E-state index >= 15 is 0 Å². The molecule has 1 aromatic carbocycles. The third kappa shape index (κ3) is 5.12. The normalized spacial score (nSPS) is 11.8. The van der Waals surface area contributed by atoms with Crippen LogP contribution < -0.4 is 10.1 Å². The number of carbonyl (C=O) groups excluding carboxylic acids is 1. The summed E-state index contributed by atoms with van der Waals surface area (Å²) in [6, 6.07) is 8.98. The Hall–Kier alpha value is -2.76. The molecule has 1 unspecified atom stereocenters. The van der Waals surface area contributed by atoms with Crippen molar-refractivity contribution in [1.82, 2.24) is 5.32 Å².